The monoisotopic (exact) mass is 372 g/mol. The molecule has 2 aromatic rings. The number of ether oxygens (including phenoxy) is 2. The summed E-state index contributed by atoms with van der Waals surface area (Å²) in [7, 11) is 1.64. The van der Waals surface area contributed by atoms with Gasteiger partial charge in [0.15, 0.2) is 5.82 Å². The molecular weight excluding hydrogens is 348 g/mol. The fourth-order valence-corrected chi connectivity index (χ4v) is 2.78. The minimum Gasteiger partial charge on any atom is -0.497 e. The van der Waals surface area contributed by atoms with Gasteiger partial charge in [-0.2, -0.15) is 10.1 Å². The second-order valence-electron chi connectivity index (χ2n) is 6.01. The molecule has 1 fully saturated rings. The van der Waals surface area contributed by atoms with E-state index in [1.165, 1.54) is 0 Å². The molecule has 0 atom stereocenters. The molecule has 1 aliphatic rings. The Kier molecular flexibility index (Phi) is 6.24. The molecule has 9 nitrogen and oxygen atoms in total. The number of anilines is 2. The molecule has 0 spiro atoms. The Morgan fingerprint density at radius 2 is 1.93 bits per heavy atom. The van der Waals surface area contributed by atoms with E-state index in [1.807, 2.05) is 24.3 Å². The summed E-state index contributed by atoms with van der Waals surface area (Å²) in [6.07, 6.45) is 1.37. The summed E-state index contributed by atoms with van der Waals surface area (Å²) in [6.45, 7) is 5.32. The summed E-state index contributed by atoms with van der Waals surface area (Å²) in [5.41, 5.74) is 1.09. The molecule has 0 bridgehead atoms. The molecule has 1 aliphatic heterocycles. The Labute approximate surface area is 158 Å². The molecule has 27 heavy (non-hydrogen) atoms. The molecule has 0 saturated carbocycles. The van der Waals surface area contributed by atoms with Gasteiger partial charge in [0, 0.05) is 32.7 Å². The molecular formula is C18H24N6O3. The standard InChI is InChI=1S/C18H24N6O3/c1-3-27-18(25)24-10-8-23(9-11-24)16-13-20-22-17(21-16)19-12-14-4-6-15(26-2)7-5-14/h4-7,13H,3,8-12H2,1-2H3,(H,19,21,22). The number of piperazine rings is 1. The minimum atomic E-state index is -0.264. The first-order valence-corrected chi connectivity index (χ1v) is 8.92. The van der Waals surface area contributed by atoms with Crippen molar-refractivity contribution in [3.8, 4) is 5.75 Å². The van der Waals surface area contributed by atoms with E-state index in [1.54, 1.807) is 25.1 Å². The molecule has 9 heteroatoms. The molecule has 1 amide bonds. The van der Waals surface area contributed by atoms with Crippen LogP contribution in [0.25, 0.3) is 0 Å². The molecule has 144 valence electrons. The summed E-state index contributed by atoms with van der Waals surface area (Å²) < 4.78 is 10.2. The van der Waals surface area contributed by atoms with E-state index in [0.717, 1.165) is 17.1 Å². The molecule has 1 aromatic heterocycles. The SMILES string of the molecule is CCOC(=O)N1CCN(c2cnnc(NCc3ccc(OC)cc3)n2)CC1. The van der Waals surface area contributed by atoms with Crippen molar-refractivity contribution in [2.75, 3.05) is 50.1 Å². The minimum absolute atomic E-state index is 0.264. The highest BCUT2D eigenvalue weighted by Crippen LogP contribution is 2.15. The third-order valence-electron chi connectivity index (χ3n) is 4.29. The third kappa shape index (κ3) is 4.96. The highest BCUT2D eigenvalue weighted by atomic mass is 16.6. The Balaban J connectivity index is 1.55. The number of benzene rings is 1. The topological polar surface area (TPSA) is 92.7 Å². The maximum absolute atomic E-state index is 11.8. The number of carbonyl (C=O) groups excluding carboxylic acids is 1. The van der Waals surface area contributed by atoms with Gasteiger partial charge >= 0.3 is 6.09 Å². The highest BCUT2D eigenvalue weighted by molar-refractivity contribution is 5.68. The predicted octanol–water partition coefficient (Wildman–Crippen LogP) is 1.77. The Morgan fingerprint density at radius 3 is 2.59 bits per heavy atom. The molecule has 1 aromatic carbocycles. The lowest BCUT2D eigenvalue weighted by atomic mass is 10.2. The number of carbonyl (C=O) groups is 1. The van der Waals surface area contributed by atoms with Crippen LogP contribution in [0.5, 0.6) is 5.75 Å². The normalized spacial score (nSPS) is 14.0. The molecule has 0 aliphatic carbocycles. The lowest BCUT2D eigenvalue weighted by Gasteiger charge is -2.34. The van der Waals surface area contributed by atoms with Crippen LogP contribution in [0.15, 0.2) is 30.5 Å². The second kappa shape index (κ2) is 9.02. The van der Waals surface area contributed by atoms with Crippen LogP contribution < -0.4 is 15.0 Å². The maximum atomic E-state index is 11.8. The average molecular weight is 372 g/mol. The van der Waals surface area contributed by atoms with Crippen molar-refractivity contribution in [3.05, 3.63) is 36.0 Å². The van der Waals surface area contributed by atoms with Crippen LogP contribution in [0, 0.1) is 0 Å². The van der Waals surface area contributed by atoms with E-state index >= 15 is 0 Å². The van der Waals surface area contributed by atoms with Crippen LogP contribution in [0.4, 0.5) is 16.6 Å². The van der Waals surface area contributed by atoms with E-state index in [9.17, 15) is 4.79 Å². The lowest BCUT2D eigenvalue weighted by molar-refractivity contribution is 0.105. The largest absolute Gasteiger partial charge is 0.497 e. The second-order valence-corrected chi connectivity index (χ2v) is 6.01. The van der Waals surface area contributed by atoms with Gasteiger partial charge in [-0.15, -0.1) is 5.10 Å². The van der Waals surface area contributed by atoms with Crippen LogP contribution in [0.3, 0.4) is 0 Å². The van der Waals surface area contributed by atoms with Crippen molar-refractivity contribution in [3.63, 3.8) is 0 Å². The summed E-state index contributed by atoms with van der Waals surface area (Å²) in [6, 6.07) is 7.79. The number of aromatic nitrogens is 3. The number of hydrogen-bond acceptors (Lipinski definition) is 8. The zero-order chi connectivity index (χ0) is 19.1. The van der Waals surface area contributed by atoms with Gasteiger partial charge in [0.1, 0.15) is 5.75 Å². The van der Waals surface area contributed by atoms with Crippen LogP contribution in [0.2, 0.25) is 0 Å². The van der Waals surface area contributed by atoms with Crippen molar-refractivity contribution in [2.45, 2.75) is 13.5 Å². The first-order valence-electron chi connectivity index (χ1n) is 8.92. The van der Waals surface area contributed by atoms with Crippen LogP contribution in [0.1, 0.15) is 12.5 Å². The van der Waals surface area contributed by atoms with E-state index in [2.05, 4.69) is 25.4 Å². The molecule has 2 heterocycles. The number of hydrogen-bond donors (Lipinski definition) is 1. The van der Waals surface area contributed by atoms with E-state index in [-0.39, 0.29) is 6.09 Å². The molecule has 0 unspecified atom stereocenters. The van der Waals surface area contributed by atoms with Gasteiger partial charge in [0.2, 0.25) is 5.95 Å². The summed E-state index contributed by atoms with van der Waals surface area (Å²) >= 11 is 0. The van der Waals surface area contributed by atoms with Gasteiger partial charge in [0.25, 0.3) is 0 Å². The van der Waals surface area contributed by atoms with Crippen molar-refractivity contribution in [1.29, 1.82) is 0 Å². The van der Waals surface area contributed by atoms with Crippen molar-refractivity contribution < 1.29 is 14.3 Å². The van der Waals surface area contributed by atoms with Gasteiger partial charge in [-0.3, -0.25) is 0 Å². The maximum Gasteiger partial charge on any atom is 0.409 e. The number of methoxy groups -OCH3 is 1. The first-order chi connectivity index (χ1) is 13.2. The third-order valence-corrected chi connectivity index (χ3v) is 4.29. The quantitative estimate of drug-likeness (QED) is 0.820. The van der Waals surface area contributed by atoms with E-state index in [4.69, 9.17) is 9.47 Å². The average Bonchev–Trinajstić information content (AvgIpc) is 2.73. The molecule has 3 rings (SSSR count). The van der Waals surface area contributed by atoms with Gasteiger partial charge in [-0.05, 0) is 24.6 Å². The van der Waals surface area contributed by atoms with Gasteiger partial charge in [-0.1, -0.05) is 12.1 Å². The molecule has 0 radical (unpaired) electrons. The Hall–Kier alpha value is -3.10. The summed E-state index contributed by atoms with van der Waals surface area (Å²) in [5.74, 6) is 2.03. The smallest absolute Gasteiger partial charge is 0.409 e. The first kappa shape index (κ1) is 18.7. The van der Waals surface area contributed by atoms with Gasteiger partial charge in [-0.25, -0.2) is 4.79 Å². The van der Waals surface area contributed by atoms with Gasteiger partial charge in [0.05, 0.1) is 19.9 Å². The van der Waals surface area contributed by atoms with Crippen molar-refractivity contribution in [2.24, 2.45) is 0 Å². The number of nitrogens with one attached hydrogen (secondary N) is 1. The molecule has 1 N–H and O–H groups in total. The zero-order valence-electron chi connectivity index (χ0n) is 15.6. The van der Waals surface area contributed by atoms with Crippen LogP contribution in [-0.4, -0.2) is 66.1 Å². The summed E-state index contributed by atoms with van der Waals surface area (Å²) in [4.78, 5) is 20.1. The number of amides is 1. The Morgan fingerprint density at radius 1 is 1.19 bits per heavy atom. The van der Waals surface area contributed by atoms with Gasteiger partial charge < -0.3 is 24.6 Å². The fourth-order valence-electron chi connectivity index (χ4n) is 2.78. The summed E-state index contributed by atoms with van der Waals surface area (Å²) in [5, 5.41) is 11.3. The van der Waals surface area contributed by atoms with Crippen molar-refractivity contribution in [1.82, 2.24) is 20.1 Å². The number of nitrogens with zero attached hydrogens (tertiary/aromatic N) is 5. The fraction of sp³-hybridized carbons (Fsp3) is 0.444. The van der Waals surface area contributed by atoms with Crippen LogP contribution in [-0.2, 0) is 11.3 Å². The molecule has 1 saturated heterocycles. The Bertz CT molecular complexity index is 747. The van der Waals surface area contributed by atoms with Crippen LogP contribution >= 0.6 is 0 Å². The lowest BCUT2D eigenvalue weighted by Crippen LogP contribution is -2.49. The number of rotatable bonds is 6. The highest BCUT2D eigenvalue weighted by Gasteiger charge is 2.23. The van der Waals surface area contributed by atoms with E-state index < -0.39 is 0 Å². The predicted molar refractivity (Wildman–Crippen MR) is 101 cm³/mol. The van der Waals surface area contributed by atoms with E-state index in [0.29, 0.717) is 45.3 Å². The van der Waals surface area contributed by atoms with Crippen molar-refractivity contribution >= 4 is 17.9 Å². The zero-order valence-corrected chi connectivity index (χ0v) is 15.6.